The Morgan fingerprint density at radius 3 is 2.54 bits per heavy atom. The highest BCUT2D eigenvalue weighted by molar-refractivity contribution is 6.58. The van der Waals surface area contributed by atoms with Gasteiger partial charge in [0.05, 0.1) is 0 Å². The van der Waals surface area contributed by atoms with Crippen molar-refractivity contribution < 1.29 is 23.6 Å². The summed E-state index contributed by atoms with van der Waals surface area (Å²) < 4.78 is 27.5. The first-order chi connectivity index (χ1) is 6.09. The lowest BCUT2D eigenvalue weighted by Crippen LogP contribution is -2.29. The van der Waals surface area contributed by atoms with Crippen molar-refractivity contribution in [3.8, 4) is 5.75 Å². The van der Waals surface area contributed by atoms with E-state index in [-0.39, 0.29) is 11.2 Å². The minimum absolute atomic E-state index is 0.0967. The molecular formula is C7H7BF2O3. The van der Waals surface area contributed by atoms with E-state index in [1.54, 1.807) is 0 Å². The van der Waals surface area contributed by atoms with Crippen molar-refractivity contribution >= 4 is 12.6 Å². The maximum atomic E-state index is 11.7. The standard InChI is InChI=1S/C7H7BF2O3/c9-7(10)13-6-3-1-2-5(4-6)8(11)12/h1-4,7,11-12H. The van der Waals surface area contributed by atoms with Gasteiger partial charge < -0.3 is 14.8 Å². The molecule has 1 rings (SSSR count). The Kier molecular flexibility index (Phi) is 3.22. The van der Waals surface area contributed by atoms with Gasteiger partial charge in [0.2, 0.25) is 0 Å². The summed E-state index contributed by atoms with van der Waals surface area (Å²) in [5.74, 6) is -0.0967. The highest BCUT2D eigenvalue weighted by Gasteiger charge is 2.12. The van der Waals surface area contributed by atoms with Gasteiger partial charge in [-0.05, 0) is 17.6 Å². The maximum Gasteiger partial charge on any atom is 0.488 e. The Morgan fingerprint density at radius 1 is 1.31 bits per heavy atom. The average molecular weight is 188 g/mol. The van der Waals surface area contributed by atoms with Crippen molar-refractivity contribution in [1.29, 1.82) is 0 Å². The summed E-state index contributed by atoms with van der Waals surface area (Å²) in [5.41, 5.74) is 0.109. The molecule has 0 unspecified atom stereocenters. The zero-order valence-corrected chi connectivity index (χ0v) is 6.52. The van der Waals surface area contributed by atoms with E-state index in [4.69, 9.17) is 10.0 Å². The van der Waals surface area contributed by atoms with E-state index in [2.05, 4.69) is 4.74 Å². The van der Waals surface area contributed by atoms with Crippen LogP contribution >= 0.6 is 0 Å². The van der Waals surface area contributed by atoms with Crippen molar-refractivity contribution in [2.45, 2.75) is 6.61 Å². The van der Waals surface area contributed by atoms with E-state index in [1.165, 1.54) is 18.2 Å². The molecular weight excluding hydrogens is 181 g/mol. The monoisotopic (exact) mass is 188 g/mol. The highest BCUT2D eigenvalue weighted by atomic mass is 19.3. The van der Waals surface area contributed by atoms with Gasteiger partial charge in [-0.2, -0.15) is 8.78 Å². The maximum absolute atomic E-state index is 11.7. The molecule has 0 bridgehead atoms. The fourth-order valence-electron chi connectivity index (χ4n) is 0.851. The fourth-order valence-corrected chi connectivity index (χ4v) is 0.851. The van der Waals surface area contributed by atoms with Crippen LogP contribution in [0.4, 0.5) is 8.78 Å². The van der Waals surface area contributed by atoms with Gasteiger partial charge in [-0.1, -0.05) is 12.1 Å². The van der Waals surface area contributed by atoms with E-state index in [9.17, 15) is 8.78 Å². The Morgan fingerprint density at radius 2 is 2.00 bits per heavy atom. The second-order valence-corrected chi connectivity index (χ2v) is 2.32. The van der Waals surface area contributed by atoms with Gasteiger partial charge in [0.15, 0.2) is 0 Å². The molecule has 1 aromatic carbocycles. The molecule has 1 aromatic rings. The van der Waals surface area contributed by atoms with E-state index in [0.29, 0.717) is 0 Å². The molecule has 6 heteroatoms. The molecule has 0 spiro atoms. The van der Waals surface area contributed by atoms with Crippen LogP contribution in [0.15, 0.2) is 24.3 Å². The van der Waals surface area contributed by atoms with Gasteiger partial charge in [0.1, 0.15) is 5.75 Å². The lowest BCUT2D eigenvalue weighted by molar-refractivity contribution is -0.0498. The average Bonchev–Trinajstić information content (AvgIpc) is 2.03. The fraction of sp³-hybridized carbons (Fsp3) is 0.143. The van der Waals surface area contributed by atoms with E-state index >= 15 is 0 Å². The largest absolute Gasteiger partial charge is 0.488 e. The summed E-state index contributed by atoms with van der Waals surface area (Å²) in [6.07, 6.45) is 0. The first-order valence-corrected chi connectivity index (χ1v) is 3.50. The quantitative estimate of drug-likeness (QED) is 0.654. The molecule has 2 N–H and O–H groups in total. The Labute approximate surface area is 73.7 Å². The predicted octanol–water partition coefficient (Wildman–Crippen LogP) is -0.0322. The molecule has 0 amide bonds. The summed E-state index contributed by atoms with van der Waals surface area (Å²) in [6, 6.07) is 5.23. The molecule has 0 saturated heterocycles. The topological polar surface area (TPSA) is 49.7 Å². The van der Waals surface area contributed by atoms with Gasteiger partial charge >= 0.3 is 13.7 Å². The molecule has 0 aliphatic carbocycles. The zero-order valence-electron chi connectivity index (χ0n) is 6.52. The Hall–Kier alpha value is -1.14. The molecule has 0 atom stereocenters. The number of hydrogen-bond acceptors (Lipinski definition) is 3. The normalized spacial score (nSPS) is 10.2. The molecule has 0 aliphatic rings. The third-order valence-electron chi connectivity index (χ3n) is 1.38. The molecule has 0 aromatic heterocycles. The molecule has 0 fully saturated rings. The number of benzene rings is 1. The molecule has 0 saturated carbocycles. The summed E-state index contributed by atoms with van der Waals surface area (Å²) >= 11 is 0. The Bertz CT molecular complexity index is 280. The summed E-state index contributed by atoms with van der Waals surface area (Å²) in [5, 5.41) is 17.4. The summed E-state index contributed by atoms with van der Waals surface area (Å²) in [6.45, 7) is -2.91. The van der Waals surface area contributed by atoms with Crippen LogP contribution in [0.2, 0.25) is 0 Å². The third-order valence-corrected chi connectivity index (χ3v) is 1.38. The number of halogens is 2. The van der Waals surface area contributed by atoms with Gasteiger partial charge in [0.25, 0.3) is 0 Å². The van der Waals surface area contributed by atoms with Crippen molar-refractivity contribution in [2.24, 2.45) is 0 Å². The SMILES string of the molecule is OB(O)c1cccc(OC(F)F)c1. The smallest absolute Gasteiger partial charge is 0.435 e. The van der Waals surface area contributed by atoms with Crippen molar-refractivity contribution in [3.63, 3.8) is 0 Å². The summed E-state index contributed by atoms with van der Waals surface area (Å²) in [7, 11) is -1.68. The van der Waals surface area contributed by atoms with Crippen molar-refractivity contribution in [1.82, 2.24) is 0 Å². The van der Waals surface area contributed by atoms with Crippen molar-refractivity contribution in [3.05, 3.63) is 24.3 Å². The van der Waals surface area contributed by atoms with Crippen LogP contribution in [0, 0.1) is 0 Å². The molecule has 0 aliphatic heterocycles. The van der Waals surface area contributed by atoms with E-state index in [0.717, 1.165) is 6.07 Å². The van der Waals surface area contributed by atoms with Crippen LogP contribution in [0.5, 0.6) is 5.75 Å². The number of hydrogen-bond donors (Lipinski definition) is 2. The molecule has 0 heterocycles. The number of rotatable bonds is 3. The lowest BCUT2D eigenvalue weighted by atomic mass is 9.80. The van der Waals surface area contributed by atoms with Crippen LogP contribution in [-0.4, -0.2) is 23.8 Å². The number of ether oxygens (including phenoxy) is 1. The van der Waals surface area contributed by atoms with Crippen molar-refractivity contribution in [2.75, 3.05) is 0 Å². The van der Waals surface area contributed by atoms with Gasteiger partial charge in [-0.15, -0.1) is 0 Å². The molecule has 3 nitrogen and oxygen atoms in total. The van der Waals surface area contributed by atoms with Crippen LogP contribution in [-0.2, 0) is 0 Å². The minimum Gasteiger partial charge on any atom is -0.435 e. The minimum atomic E-state index is -2.91. The third kappa shape index (κ3) is 3.00. The predicted molar refractivity (Wildman–Crippen MR) is 42.9 cm³/mol. The first kappa shape index (κ1) is 9.95. The van der Waals surface area contributed by atoms with E-state index in [1.807, 2.05) is 0 Å². The van der Waals surface area contributed by atoms with Crippen LogP contribution in [0.25, 0.3) is 0 Å². The lowest BCUT2D eigenvalue weighted by Gasteiger charge is -2.05. The summed E-state index contributed by atoms with van der Waals surface area (Å²) in [4.78, 5) is 0. The second-order valence-electron chi connectivity index (χ2n) is 2.32. The molecule has 0 radical (unpaired) electrons. The molecule has 13 heavy (non-hydrogen) atoms. The Balaban J connectivity index is 2.79. The van der Waals surface area contributed by atoms with Crippen LogP contribution in [0.1, 0.15) is 0 Å². The van der Waals surface area contributed by atoms with Gasteiger partial charge in [-0.3, -0.25) is 0 Å². The van der Waals surface area contributed by atoms with Crippen LogP contribution in [0.3, 0.4) is 0 Å². The van der Waals surface area contributed by atoms with Crippen LogP contribution < -0.4 is 10.2 Å². The number of alkyl halides is 2. The molecule has 70 valence electrons. The van der Waals surface area contributed by atoms with Gasteiger partial charge in [-0.25, -0.2) is 0 Å². The highest BCUT2D eigenvalue weighted by Crippen LogP contribution is 2.10. The zero-order chi connectivity index (χ0) is 9.84. The second kappa shape index (κ2) is 4.20. The van der Waals surface area contributed by atoms with Gasteiger partial charge in [0, 0.05) is 0 Å². The first-order valence-electron chi connectivity index (χ1n) is 3.50. The van der Waals surface area contributed by atoms with E-state index < -0.39 is 13.7 Å².